The number of hydrogen-bond donors (Lipinski definition) is 0. The Balaban J connectivity index is 1.74. The smallest absolute Gasteiger partial charge is 0.248 e. The zero-order valence-corrected chi connectivity index (χ0v) is 14.0. The van der Waals surface area contributed by atoms with E-state index in [1.165, 1.54) is 16.6 Å². The van der Waals surface area contributed by atoms with Crippen LogP contribution in [0.5, 0.6) is 0 Å². The van der Waals surface area contributed by atoms with Gasteiger partial charge in [-0.15, -0.1) is 0 Å². The summed E-state index contributed by atoms with van der Waals surface area (Å²) in [5.41, 5.74) is 1.93. The van der Waals surface area contributed by atoms with Crippen molar-refractivity contribution in [1.82, 2.24) is 8.87 Å². The molecule has 0 spiro atoms. The van der Waals surface area contributed by atoms with Crippen LogP contribution in [0.4, 0.5) is 0 Å². The number of benzene rings is 1. The summed E-state index contributed by atoms with van der Waals surface area (Å²) in [4.78, 5) is -0.0856. The van der Waals surface area contributed by atoms with Gasteiger partial charge in [0.2, 0.25) is 15.8 Å². The van der Waals surface area contributed by atoms with Crippen molar-refractivity contribution < 1.29 is 12.8 Å². The average Bonchev–Trinajstić information content (AvgIpc) is 3.17. The van der Waals surface area contributed by atoms with Crippen LogP contribution in [0.1, 0.15) is 11.5 Å². The van der Waals surface area contributed by atoms with E-state index in [0.29, 0.717) is 18.1 Å². The van der Waals surface area contributed by atoms with E-state index in [9.17, 15) is 8.42 Å². The van der Waals surface area contributed by atoms with Gasteiger partial charge >= 0.3 is 0 Å². The highest BCUT2D eigenvalue weighted by atomic mass is 35.5. The van der Waals surface area contributed by atoms with Crippen molar-refractivity contribution in [3.05, 3.63) is 53.1 Å². The summed E-state index contributed by atoms with van der Waals surface area (Å²) in [6, 6.07) is 10.7. The molecule has 1 aliphatic rings. The molecule has 8 heteroatoms. The first-order chi connectivity index (χ1) is 11.5. The molecular formula is C16H12ClN3O3S. The third kappa shape index (κ3) is 2.23. The molecule has 3 heterocycles. The van der Waals surface area contributed by atoms with Gasteiger partial charge in [-0.2, -0.15) is 9.57 Å². The fourth-order valence-corrected chi connectivity index (χ4v) is 4.73. The highest BCUT2D eigenvalue weighted by molar-refractivity contribution is 7.89. The molecule has 0 radical (unpaired) electrons. The third-order valence-corrected chi connectivity index (χ3v) is 6.31. The SMILES string of the molecule is N#Cc1occc1S(=O)(=O)N1CCn2c(cc3cc(Cl)ccc32)C1. The molecule has 6 nitrogen and oxygen atoms in total. The van der Waals surface area contributed by atoms with Gasteiger partial charge < -0.3 is 8.98 Å². The van der Waals surface area contributed by atoms with Gasteiger partial charge in [0.15, 0.2) is 0 Å². The maximum absolute atomic E-state index is 12.8. The summed E-state index contributed by atoms with van der Waals surface area (Å²) in [5.74, 6) is -0.187. The minimum atomic E-state index is -3.77. The van der Waals surface area contributed by atoms with Crippen LogP contribution in [0.15, 0.2) is 45.9 Å². The number of sulfonamides is 1. The van der Waals surface area contributed by atoms with Crippen LogP contribution >= 0.6 is 11.6 Å². The first-order valence-electron chi connectivity index (χ1n) is 7.26. The van der Waals surface area contributed by atoms with Gasteiger partial charge in [0.25, 0.3) is 0 Å². The number of nitrogens with zero attached hydrogens (tertiary/aromatic N) is 3. The average molecular weight is 362 g/mol. The summed E-state index contributed by atoms with van der Waals surface area (Å²) in [6.45, 7) is 1.11. The lowest BCUT2D eigenvalue weighted by Gasteiger charge is -2.27. The topological polar surface area (TPSA) is 79.2 Å². The molecule has 1 aliphatic heterocycles. The highest BCUT2D eigenvalue weighted by Crippen LogP contribution is 2.30. The molecule has 3 aromatic rings. The minimum Gasteiger partial charge on any atom is -0.452 e. The Morgan fingerprint density at radius 1 is 1.21 bits per heavy atom. The second-order valence-corrected chi connectivity index (χ2v) is 7.90. The maximum Gasteiger partial charge on any atom is 0.248 e. The monoisotopic (exact) mass is 361 g/mol. The van der Waals surface area contributed by atoms with Gasteiger partial charge in [-0.05, 0) is 30.3 Å². The molecule has 4 rings (SSSR count). The normalized spacial score (nSPS) is 15.3. The van der Waals surface area contributed by atoms with Crippen LogP contribution in [0.3, 0.4) is 0 Å². The Bertz CT molecular complexity index is 1090. The second kappa shape index (κ2) is 5.38. The Labute approximate surface area is 143 Å². The number of nitriles is 1. The summed E-state index contributed by atoms with van der Waals surface area (Å²) < 4.78 is 34.0. The first-order valence-corrected chi connectivity index (χ1v) is 9.08. The summed E-state index contributed by atoms with van der Waals surface area (Å²) >= 11 is 6.03. The van der Waals surface area contributed by atoms with E-state index in [-0.39, 0.29) is 17.2 Å². The van der Waals surface area contributed by atoms with Crippen LogP contribution in [0.2, 0.25) is 5.02 Å². The Morgan fingerprint density at radius 3 is 2.83 bits per heavy atom. The van der Waals surface area contributed by atoms with Gasteiger partial charge in [0.1, 0.15) is 11.0 Å². The van der Waals surface area contributed by atoms with E-state index in [4.69, 9.17) is 21.3 Å². The molecule has 122 valence electrons. The van der Waals surface area contributed by atoms with Crippen molar-refractivity contribution in [2.45, 2.75) is 18.0 Å². The zero-order chi connectivity index (χ0) is 16.9. The van der Waals surface area contributed by atoms with E-state index in [2.05, 4.69) is 4.57 Å². The van der Waals surface area contributed by atoms with Crippen LogP contribution in [-0.2, 0) is 23.1 Å². The van der Waals surface area contributed by atoms with Crippen molar-refractivity contribution in [3.63, 3.8) is 0 Å². The molecule has 0 unspecified atom stereocenters. The predicted molar refractivity (Wildman–Crippen MR) is 88.0 cm³/mol. The van der Waals surface area contributed by atoms with Crippen molar-refractivity contribution in [2.24, 2.45) is 0 Å². The first kappa shape index (κ1) is 15.3. The largest absolute Gasteiger partial charge is 0.452 e. The highest BCUT2D eigenvalue weighted by Gasteiger charge is 2.32. The second-order valence-electron chi connectivity index (χ2n) is 5.55. The van der Waals surface area contributed by atoms with Crippen LogP contribution in [-0.4, -0.2) is 23.8 Å². The predicted octanol–water partition coefficient (Wildman–Crippen LogP) is 2.96. The van der Waals surface area contributed by atoms with Crippen molar-refractivity contribution >= 4 is 32.5 Å². The molecule has 0 fully saturated rings. The van der Waals surface area contributed by atoms with Crippen LogP contribution in [0, 0.1) is 11.3 Å². The molecule has 24 heavy (non-hydrogen) atoms. The number of halogens is 1. The number of aromatic nitrogens is 1. The molecule has 0 aliphatic carbocycles. The van der Waals surface area contributed by atoms with Gasteiger partial charge in [0, 0.05) is 34.7 Å². The molecule has 2 aromatic heterocycles. The fraction of sp³-hybridized carbons (Fsp3) is 0.188. The number of fused-ring (bicyclic) bond motifs is 3. The quantitative estimate of drug-likeness (QED) is 0.702. The Morgan fingerprint density at radius 2 is 2.04 bits per heavy atom. The molecule has 1 aromatic carbocycles. The lowest BCUT2D eigenvalue weighted by molar-refractivity contribution is 0.345. The van der Waals surface area contributed by atoms with Gasteiger partial charge in [-0.25, -0.2) is 8.42 Å². The molecule has 0 bridgehead atoms. The number of furan rings is 1. The molecular weight excluding hydrogens is 350 g/mol. The summed E-state index contributed by atoms with van der Waals surface area (Å²) in [7, 11) is -3.77. The van der Waals surface area contributed by atoms with Crippen LogP contribution < -0.4 is 0 Å². The summed E-state index contributed by atoms with van der Waals surface area (Å²) in [5, 5.41) is 10.6. The molecule has 0 saturated heterocycles. The Kier molecular flexibility index (Phi) is 3.42. The van der Waals surface area contributed by atoms with Gasteiger partial charge in [-0.3, -0.25) is 0 Å². The van der Waals surface area contributed by atoms with E-state index in [0.717, 1.165) is 16.6 Å². The lowest BCUT2D eigenvalue weighted by Crippen LogP contribution is -2.38. The summed E-state index contributed by atoms with van der Waals surface area (Å²) in [6.07, 6.45) is 1.22. The van der Waals surface area contributed by atoms with E-state index in [1.54, 1.807) is 6.07 Å². The van der Waals surface area contributed by atoms with Crippen molar-refractivity contribution in [1.29, 1.82) is 5.26 Å². The van der Waals surface area contributed by atoms with Crippen molar-refractivity contribution in [2.75, 3.05) is 6.54 Å². The molecule has 0 amide bonds. The van der Waals surface area contributed by atoms with E-state index < -0.39 is 10.0 Å². The Hall–Kier alpha value is -2.27. The maximum atomic E-state index is 12.8. The standard InChI is InChI=1S/C16H12ClN3O3S/c17-12-1-2-14-11(7-12)8-13-10-19(4-5-20(13)14)24(21,22)16-3-6-23-15(16)9-18/h1-3,6-8H,4-5,10H2. The van der Waals surface area contributed by atoms with Gasteiger partial charge in [0.05, 0.1) is 12.8 Å². The lowest BCUT2D eigenvalue weighted by atomic mass is 10.2. The number of rotatable bonds is 2. The molecule has 0 saturated carbocycles. The fourth-order valence-electron chi connectivity index (χ4n) is 3.09. The number of hydrogen-bond acceptors (Lipinski definition) is 4. The zero-order valence-electron chi connectivity index (χ0n) is 12.4. The van der Waals surface area contributed by atoms with E-state index >= 15 is 0 Å². The van der Waals surface area contributed by atoms with Gasteiger partial charge in [-0.1, -0.05) is 11.6 Å². The minimum absolute atomic E-state index is 0.0856. The van der Waals surface area contributed by atoms with E-state index in [1.807, 2.05) is 24.3 Å². The van der Waals surface area contributed by atoms with Crippen LogP contribution in [0.25, 0.3) is 10.9 Å². The molecule has 0 atom stereocenters. The van der Waals surface area contributed by atoms with Crippen molar-refractivity contribution in [3.8, 4) is 6.07 Å². The third-order valence-electron chi connectivity index (χ3n) is 4.21. The molecule has 0 N–H and O–H groups in total.